The number of anilines is 1. The first-order valence-corrected chi connectivity index (χ1v) is 9.71. The lowest BCUT2D eigenvalue weighted by Gasteiger charge is -2.30. The maximum Gasteiger partial charge on any atom is 0.203 e. The second-order valence-electron chi connectivity index (χ2n) is 7.12. The summed E-state index contributed by atoms with van der Waals surface area (Å²) < 4.78 is 19.0. The predicted molar refractivity (Wildman–Crippen MR) is 116 cm³/mol. The van der Waals surface area contributed by atoms with Crippen molar-refractivity contribution in [2.45, 2.75) is 26.4 Å². The normalized spacial score (nSPS) is 16.6. The van der Waals surface area contributed by atoms with Crippen LogP contribution in [0.25, 0.3) is 10.9 Å². The van der Waals surface area contributed by atoms with Crippen LogP contribution in [0.5, 0.6) is 0 Å². The first-order valence-electron chi connectivity index (χ1n) is 9.33. The smallest absolute Gasteiger partial charge is 0.203 e. The number of fused-ring (bicyclic) bond motifs is 1. The zero-order chi connectivity index (χ0) is 20.5. The van der Waals surface area contributed by atoms with Crippen LogP contribution < -0.4 is 5.32 Å². The van der Waals surface area contributed by atoms with Crippen molar-refractivity contribution in [2.75, 3.05) is 12.4 Å². The number of ether oxygens (including phenoxy) is 1. The minimum atomic E-state index is -0.433. The van der Waals surface area contributed by atoms with E-state index in [4.69, 9.17) is 21.3 Å². The topological polar surface area (TPSA) is 52.6 Å². The number of halogens is 2. The average Bonchev–Trinajstić information content (AvgIpc) is 3.15. The summed E-state index contributed by atoms with van der Waals surface area (Å²) in [6, 6.07) is 10.8. The Labute approximate surface area is 173 Å². The number of hydrogen-bond donors (Lipinski definition) is 2. The van der Waals surface area contributed by atoms with Crippen LogP contribution in [0, 0.1) is 12.7 Å². The number of aromatic nitrogens is 1. The van der Waals surface area contributed by atoms with E-state index in [2.05, 4.69) is 29.4 Å². The number of guanidine groups is 1. The number of aryl methyl sites for hydroxylation is 1. The fourth-order valence-electron chi connectivity index (χ4n) is 3.46. The molecule has 3 aromatic rings. The number of rotatable bonds is 4. The number of H-pyrrole nitrogens is 1. The highest BCUT2D eigenvalue weighted by Crippen LogP contribution is 2.27. The SMILES string of the molecule is COC1=CN(Cc2ccc(F)c(Cl)c2)C(Nc2cc(C)cc3[nH]ccc23)=NC1C. The van der Waals surface area contributed by atoms with E-state index in [1.165, 1.54) is 6.07 Å². The number of aliphatic imine (C=N–C) groups is 1. The van der Waals surface area contributed by atoms with E-state index < -0.39 is 5.82 Å². The first kappa shape index (κ1) is 19.3. The van der Waals surface area contributed by atoms with E-state index in [-0.39, 0.29) is 11.1 Å². The minimum absolute atomic E-state index is 0.1000. The number of nitrogens with zero attached hydrogens (tertiary/aromatic N) is 2. The van der Waals surface area contributed by atoms with Crippen LogP contribution in [0.3, 0.4) is 0 Å². The molecule has 0 bridgehead atoms. The van der Waals surface area contributed by atoms with Gasteiger partial charge in [-0.25, -0.2) is 9.38 Å². The van der Waals surface area contributed by atoms with Crippen molar-refractivity contribution < 1.29 is 9.13 Å². The molecule has 2 heterocycles. The van der Waals surface area contributed by atoms with E-state index in [1.807, 2.05) is 30.3 Å². The lowest BCUT2D eigenvalue weighted by Crippen LogP contribution is -2.37. The Morgan fingerprint density at radius 3 is 2.86 bits per heavy atom. The van der Waals surface area contributed by atoms with Crippen molar-refractivity contribution in [1.29, 1.82) is 0 Å². The maximum absolute atomic E-state index is 13.5. The molecule has 7 heteroatoms. The monoisotopic (exact) mass is 412 g/mol. The first-order chi connectivity index (χ1) is 13.9. The highest BCUT2D eigenvalue weighted by atomic mass is 35.5. The van der Waals surface area contributed by atoms with Crippen molar-refractivity contribution in [1.82, 2.24) is 9.88 Å². The molecule has 0 amide bonds. The van der Waals surface area contributed by atoms with Crippen molar-refractivity contribution in [2.24, 2.45) is 4.99 Å². The van der Waals surface area contributed by atoms with Gasteiger partial charge in [-0.15, -0.1) is 0 Å². The molecule has 150 valence electrons. The van der Waals surface area contributed by atoms with Gasteiger partial charge in [-0.05, 0) is 55.3 Å². The Hall–Kier alpha value is -2.99. The Bertz CT molecular complexity index is 1120. The summed E-state index contributed by atoms with van der Waals surface area (Å²) >= 11 is 5.96. The van der Waals surface area contributed by atoms with Crippen molar-refractivity contribution in [3.05, 3.63) is 76.5 Å². The number of nitrogens with one attached hydrogen (secondary N) is 2. The zero-order valence-corrected chi connectivity index (χ0v) is 17.2. The summed E-state index contributed by atoms with van der Waals surface area (Å²) in [5.41, 5.74) is 4.02. The molecule has 1 aliphatic rings. The second kappa shape index (κ2) is 7.79. The summed E-state index contributed by atoms with van der Waals surface area (Å²) in [5, 5.41) is 4.65. The molecule has 0 saturated carbocycles. The van der Waals surface area contributed by atoms with E-state index in [9.17, 15) is 4.39 Å². The molecule has 1 unspecified atom stereocenters. The van der Waals surface area contributed by atoms with Crippen LogP contribution in [0.4, 0.5) is 10.1 Å². The maximum atomic E-state index is 13.5. The summed E-state index contributed by atoms with van der Waals surface area (Å²) in [4.78, 5) is 9.99. The highest BCUT2D eigenvalue weighted by Gasteiger charge is 2.22. The van der Waals surface area contributed by atoms with E-state index in [0.29, 0.717) is 12.5 Å². The number of methoxy groups -OCH3 is 1. The fraction of sp³-hybridized carbons (Fsp3) is 0.227. The minimum Gasteiger partial charge on any atom is -0.497 e. The molecule has 1 aromatic heterocycles. The molecule has 0 aliphatic carbocycles. The molecule has 2 N–H and O–H groups in total. The quantitative estimate of drug-likeness (QED) is 0.600. The van der Waals surface area contributed by atoms with Crippen LogP contribution in [0.2, 0.25) is 5.02 Å². The molecule has 0 radical (unpaired) electrons. The summed E-state index contributed by atoms with van der Waals surface area (Å²) in [7, 11) is 1.63. The summed E-state index contributed by atoms with van der Waals surface area (Å²) in [6.45, 7) is 4.50. The van der Waals surface area contributed by atoms with E-state index in [1.54, 1.807) is 19.2 Å². The highest BCUT2D eigenvalue weighted by molar-refractivity contribution is 6.30. The third kappa shape index (κ3) is 3.93. The van der Waals surface area contributed by atoms with Crippen molar-refractivity contribution >= 4 is 34.2 Å². The van der Waals surface area contributed by atoms with Crippen LogP contribution in [0.1, 0.15) is 18.1 Å². The van der Waals surface area contributed by atoms with Gasteiger partial charge < -0.3 is 19.9 Å². The van der Waals surface area contributed by atoms with Crippen LogP contribution in [-0.4, -0.2) is 29.0 Å². The number of hydrogen-bond acceptors (Lipinski definition) is 4. The third-order valence-corrected chi connectivity index (χ3v) is 5.20. The van der Waals surface area contributed by atoms with E-state index >= 15 is 0 Å². The van der Waals surface area contributed by atoms with Gasteiger partial charge in [-0.3, -0.25) is 0 Å². The molecule has 29 heavy (non-hydrogen) atoms. The van der Waals surface area contributed by atoms with Gasteiger partial charge in [0.1, 0.15) is 17.6 Å². The largest absolute Gasteiger partial charge is 0.497 e. The Morgan fingerprint density at radius 1 is 1.28 bits per heavy atom. The van der Waals surface area contributed by atoms with Gasteiger partial charge in [0.05, 0.1) is 24.4 Å². The molecule has 4 rings (SSSR count). The fourth-order valence-corrected chi connectivity index (χ4v) is 3.66. The van der Waals surface area contributed by atoms with Gasteiger partial charge in [0.25, 0.3) is 0 Å². The molecule has 0 spiro atoms. The summed E-state index contributed by atoms with van der Waals surface area (Å²) in [5.74, 6) is 1.00. The van der Waals surface area contributed by atoms with Gasteiger partial charge in [0, 0.05) is 23.3 Å². The average molecular weight is 413 g/mol. The Morgan fingerprint density at radius 2 is 2.10 bits per heavy atom. The zero-order valence-electron chi connectivity index (χ0n) is 16.5. The van der Waals surface area contributed by atoms with Crippen LogP contribution in [0.15, 0.2) is 59.5 Å². The molecule has 2 aromatic carbocycles. The lowest BCUT2D eigenvalue weighted by atomic mass is 10.1. The lowest BCUT2D eigenvalue weighted by molar-refractivity contribution is 0.254. The molecule has 1 aliphatic heterocycles. The molecule has 0 fully saturated rings. The van der Waals surface area contributed by atoms with Gasteiger partial charge in [-0.2, -0.15) is 0 Å². The van der Waals surface area contributed by atoms with Crippen molar-refractivity contribution in [3.63, 3.8) is 0 Å². The molecule has 1 atom stereocenters. The van der Waals surface area contributed by atoms with Gasteiger partial charge in [0.2, 0.25) is 5.96 Å². The van der Waals surface area contributed by atoms with Gasteiger partial charge >= 0.3 is 0 Å². The number of benzene rings is 2. The van der Waals surface area contributed by atoms with Crippen LogP contribution >= 0.6 is 11.6 Å². The molecular weight excluding hydrogens is 391 g/mol. The third-order valence-electron chi connectivity index (χ3n) is 4.92. The second-order valence-corrected chi connectivity index (χ2v) is 7.52. The Balaban J connectivity index is 1.68. The molecular formula is C22H22ClFN4O. The molecule has 0 saturated heterocycles. The molecule has 5 nitrogen and oxygen atoms in total. The van der Waals surface area contributed by atoms with Crippen LogP contribution in [-0.2, 0) is 11.3 Å². The summed E-state index contributed by atoms with van der Waals surface area (Å²) in [6.07, 6.45) is 3.84. The van der Waals surface area contributed by atoms with E-state index in [0.717, 1.165) is 33.5 Å². The predicted octanol–water partition coefficient (Wildman–Crippen LogP) is 5.43. The standard InChI is InChI=1S/C22H22ClFN4O/c1-13-8-19-16(6-7-25-19)20(9-13)27-22-26-14(2)21(29-3)12-28(22)11-15-4-5-18(24)17(23)10-15/h4-10,12,14,25H,11H2,1-3H3,(H,26,27). The van der Waals surface area contributed by atoms with Gasteiger partial charge in [0.15, 0.2) is 0 Å². The van der Waals surface area contributed by atoms with Gasteiger partial charge in [-0.1, -0.05) is 17.7 Å². The van der Waals surface area contributed by atoms with Crippen molar-refractivity contribution in [3.8, 4) is 0 Å². The Kier molecular flexibility index (Phi) is 5.20. The number of aromatic amines is 1.